The first-order valence-electron chi connectivity index (χ1n) is 24.2. The van der Waals surface area contributed by atoms with Gasteiger partial charge in [-0.3, -0.25) is 23.2 Å². The maximum atomic E-state index is 12.9. The molecule has 18 heteroatoms. The van der Waals surface area contributed by atoms with Crippen LogP contribution in [0.2, 0.25) is 0 Å². The number of allylic oxidation sites excluding steroid dienone is 8. The summed E-state index contributed by atoms with van der Waals surface area (Å²) in [7, 11) is -10.6. The molecule has 0 bridgehead atoms. The number of unbranched alkanes of at least 4 members (excludes halogenated alkanes) is 18. The van der Waals surface area contributed by atoms with Crippen LogP contribution in [0.5, 0.6) is 0 Å². The highest BCUT2D eigenvalue weighted by Gasteiger charge is 2.54. The number of phosphoric acid groups is 2. The van der Waals surface area contributed by atoms with E-state index in [-0.39, 0.29) is 12.8 Å². The molecule has 8 atom stereocenters. The van der Waals surface area contributed by atoms with Crippen molar-refractivity contribution in [1.82, 2.24) is 0 Å². The highest BCUT2D eigenvalue weighted by molar-refractivity contribution is 7.47. The van der Waals surface area contributed by atoms with Gasteiger partial charge in [-0.15, -0.1) is 0 Å². The molecule has 3 unspecified atom stereocenters. The van der Waals surface area contributed by atoms with E-state index in [1.807, 2.05) is 12.2 Å². The minimum Gasteiger partial charge on any atom is -0.462 e. The first-order valence-corrected chi connectivity index (χ1v) is 27.2. The summed E-state index contributed by atoms with van der Waals surface area (Å²) in [6, 6.07) is 0. The zero-order valence-corrected chi connectivity index (χ0v) is 40.9. The number of aliphatic hydroxyl groups excluding tert-OH is 4. The Kier molecular flexibility index (Phi) is 35.5. The molecule has 0 amide bonds. The summed E-state index contributed by atoms with van der Waals surface area (Å²) in [6.07, 6.45) is 28.0. The number of carbonyl (C=O) groups excluding carboxylic acids is 2. The van der Waals surface area contributed by atoms with E-state index < -0.39 is 83.5 Å². The standard InChI is InChI=1S/C47H84O16P2/c1-3-5-7-9-11-13-15-17-19-20-22-24-26-28-30-32-34-36-41(49)61-39(37-59-40(48)35-33-31-29-27-25-23-21-18-16-14-12-10-8-6-4-2)38-60-65(57,58)63-47-44(52)42(50)46(43(51)45(47)53)62-64(54,55)56/h11,13,17,19,22,24,28,30,39,42-47,50-53H,3-10,12,14-16,18,20-21,23,25-27,29,31-38H2,1-2H3,(H,57,58)(H2,54,55,56)/t39-,42-,43+,44-,45-,46?,47?/m1/s1. The number of carbonyl (C=O) groups is 2. The quantitative estimate of drug-likeness (QED) is 0.0131. The van der Waals surface area contributed by atoms with Gasteiger partial charge in [0.05, 0.1) is 6.61 Å². The van der Waals surface area contributed by atoms with Gasteiger partial charge in [0.15, 0.2) is 6.10 Å². The molecule has 16 nitrogen and oxygen atoms in total. The van der Waals surface area contributed by atoms with Crippen LogP contribution in [0.4, 0.5) is 0 Å². The Morgan fingerprint density at radius 3 is 1.34 bits per heavy atom. The zero-order valence-electron chi connectivity index (χ0n) is 39.2. The van der Waals surface area contributed by atoms with E-state index in [9.17, 15) is 44.0 Å². The minimum atomic E-state index is -5.31. The fraction of sp³-hybridized carbons (Fsp3) is 0.787. The van der Waals surface area contributed by atoms with Gasteiger partial charge in [0.25, 0.3) is 0 Å². The largest absolute Gasteiger partial charge is 0.472 e. The molecule has 0 aromatic rings. The third-order valence-corrected chi connectivity index (χ3v) is 12.4. The van der Waals surface area contributed by atoms with Gasteiger partial charge in [-0.25, -0.2) is 9.13 Å². The molecule has 0 radical (unpaired) electrons. The van der Waals surface area contributed by atoms with Crippen LogP contribution in [0.3, 0.4) is 0 Å². The van der Waals surface area contributed by atoms with E-state index in [1.165, 1.54) is 83.5 Å². The van der Waals surface area contributed by atoms with Crippen LogP contribution >= 0.6 is 15.6 Å². The molecule has 0 spiro atoms. The van der Waals surface area contributed by atoms with Crippen molar-refractivity contribution in [3.63, 3.8) is 0 Å². The lowest BCUT2D eigenvalue weighted by molar-refractivity contribution is -0.216. The van der Waals surface area contributed by atoms with Crippen LogP contribution in [-0.4, -0.2) is 103 Å². The highest BCUT2D eigenvalue weighted by atomic mass is 31.2. The van der Waals surface area contributed by atoms with Crippen molar-refractivity contribution in [3.05, 3.63) is 48.6 Å². The molecule has 7 N–H and O–H groups in total. The van der Waals surface area contributed by atoms with E-state index >= 15 is 0 Å². The van der Waals surface area contributed by atoms with Gasteiger partial charge in [0, 0.05) is 12.8 Å². The summed E-state index contributed by atoms with van der Waals surface area (Å²) in [6.45, 7) is 3.07. The van der Waals surface area contributed by atoms with Crippen LogP contribution in [0.25, 0.3) is 0 Å². The van der Waals surface area contributed by atoms with E-state index in [2.05, 4.69) is 54.8 Å². The minimum absolute atomic E-state index is 0.0248. The Morgan fingerprint density at radius 1 is 0.492 bits per heavy atom. The topological polar surface area (TPSA) is 256 Å². The Balaban J connectivity index is 2.61. The maximum absolute atomic E-state index is 12.9. The number of aliphatic hydroxyl groups is 4. The van der Waals surface area contributed by atoms with Crippen LogP contribution in [0.1, 0.15) is 181 Å². The van der Waals surface area contributed by atoms with Crippen molar-refractivity contribution in [2.75, 3.05) is 13.2 Å². The molecular weight excluding hydrogens is 882 g/mol. The number of esters is 2. The third-order valence-electron chi connectivity index (χ3n) is 10.9. The fourth-order valence-electron chi connectivity index (χ4n) is 7.14. The van der Waals surface area contributed by atoms with E-state index in [1.54, 1.807) is 0 Å². The monoisotopic (exact) mass is 967 g/mol. The number of hydrogen-bond donors (Lipinski definition) is 7. The smallest absolute Gasteiger partial charge is 0.462 e. The number of hydrogen-bond acceptors (Lipinski definition) is 13. The second-order valence-electron chi connectivity index (χ2n) is 16.8. The predicted molar refractivity (Wildman–Crippen MR) is 250 cm³/mol. The Morgan fingerprint density at radius 2 is 0.877 bits per heavy atom. The van der Waals surface area contributed by atoms with Crippen molar-refractivity contribution >= 4 is 27.6 Å². The van der Waals surface area contributed by atoms with Gasteiger partial charge in [-0.1, -0.05) is 165 Å². The maximum Gasteiger partial charge on any atom is 0.472 e. The predicted octanol–water partition coefficient (Wildman–Crippen LogP) is 9.29. The summed E-state index contributed by atoms with van der Waals surface area (Å²) in [5.74, 6) is -1.25. The second kappa shape index (κ2) is 37.9. The molecule has 0 aromatic carbocycles. The normalized spacial score (nSPS) is 22.0. The lowest BCUT2D eigenvalue weighted by Gasteiger charge is -2.43. The lowest BCUT2D eigenvalue weighted by atomic mass is 9.85. The van der Waals surface area contributed by atoms with Gasteiger partial charge in [-0.05, 0) is 51.4 Å². The molecule has 1 aliphatic carbocycles. The van der Waals surface area contributed by atoms with E-state index in [0.29, 0.717) is 19.3 Å². The number of ether oxygens (including phenoxy) is 2. The summed E-state index contributed by atoms with van der Waals surface area (Å²) < 4.78 is 49.1. The molecule has 1 fully saturated rings. The molecule has 0 aliphatic heterocycles. The Hall–Kier alpha value is -2.04. The third kappa shape index (κ3) is 32.4. The van der Waals surface area contributed by atoms with Gasteiger partial charge in [0.1, 0.15) is 43.2 Å². The SMILES string of the molecule is CCCCCC=CCC=CCC=CCC=CCCCC(=O)O[C@H](COC(=O)CCCCCCCCCCCCCCCCC)COP(=O)(O)OC1[C@H](O)[C@H](O)C(OP(=O)(O)O)[C@H](O)[C@H]1O. The van der Waals surface area contributed by atoms with Crippen LogP contribution in [-0.2, 0) is 41.8 Å². The highest BCUT2D eigenvalue weighted by Crippen LogP contribution is 2.48. The van der Waals surface area contributed by atoms with E-state index in [0.717, 1.165) is 51.4 Å². The molecule has 1 aliphatic rings. The average Bonchev–Trinajstić information content (AvgIpc) is 3.26. The molecule has 0 aromatic heterocycles. The summed E-state index contributed by atoms with van der Waals surface area (Å²) in [5.41, 5.74) is 0. The van der Waals surface area contributed by atoms with Crippen molar-refractivity contribution in [2.24, 2.45) is 0 Å². The molecule has 0 heterocycles. The van der Waals surface area contributed by atoms with Crippen LogP contribution in [0, 0.1) is 0 Å². The lowest BCUT2D eigenvalue weighted by Crippen LogP contribution is -2.64. The molecule has 378 valence electrons. The van der Waals surface area contributed by atoms with E-state index in [4.69, 9.17) is 28.3 Å². The van der Waals surface area contributed by atoms with Crippen molar-refractivity contribution in [1.29, 1.82) is 0 Å². The Bertz CT molecular complexity index is 1430. The van der Waals surface area contributed by atoms with Crippen molar-refractivity contribution < 1.29 is 76.9 Å². The summed E-state index contributed by atoms with van der Waals surface area (Å²) in [4.78, 5) is 54.0. The number of phosphoric ester groups is 2. The summed E-state index contributed by atoms with van der Waals surface area (Å²) in [5, 5.41) is 41.5. The van der Waals surface area contributed by atoms with Crippen LogP contribution in [0.15, 0.2) is 48.6 Å². The molecule has 65 heavy (non-hydrogen) atoms. The van der Waals surface area contributed by atoms with Gasteiger partial charge < -0.3 is 44.6 Å². The Labute approximate surface area is 388 Å². The van der Waals surface area contributed by atoms with Gasteiger partial charge >= 0.3 is 27.6 Å². The first kappa shape index (κ1) is 61.0. The fourth-order valence-corrected chi connectivity index (χ4v) is 8.67. The van der Waals surface area contributed by atoms with Gasteiger partial charge in [-0.2, -0.15) is 0 Å². The molecule has 1 saturated carbocycles. The van der Waals surface area contributed by atoms with Crippen LogP contribution < -0.4 is 0 Å². The number of rotatable bonds is 40. The molecule has 0 saturated heterocycles. The second-order valence-corrected chi connectivity index (χ2v) is 19.4. The van der Waals surface area contributed by atoms with Crippen molar-refractivity contribution in [2.45, 2.75) is 224 Å². The average molecular weight is 967 g/mol. The molecular formula is C47H84O16P2. The first-order chi connectivity index (χ1) is 31.1. The summed E-state index contributed by atoms with van der Waals surface area (Å²) >= 11 is 0. The molecule has 1 rings (SSSR count). The zero-order chi connectivity index (χ0) is 48.2. The van der Waals surface area contributed by atoms with Gasteiger partial charge in [0.2, 0.25) is 0 Å². The van der Waals surface area contributed by atoms with Crippen molar-refractivity contribution in [3.8, 4) is 0 Å².